The Kier molecular flexibility index (Phi) is 6.32. The lowest BCUT2D eigenvalue weighted by atomic mass is 10.0. The second-order valence-corrected chi connectivity index (χ2v) is 3.80. The van der Waals surface area contributed by atoms with Gasteiger partial charge in [-0.05, 0) is 24.7 Å². The molecule has 0 aliphatic rings. The molecule has 0 aliphatic carbocycles. The Balaban J connectivity index is 4.00. The standard InChI is InChI=1S/C12H20O/c1-5-11(6-2)7-8-12(13)9-10(3)4/h10-11H,5-6,9H2,1-4H3. The van der Waals surface area contributed by atoms with Gasteiger partial charge in [0.05, 0.1) is 0 Å². The van der Waals surface area contributed by atoms with Gasteiger partial charge in [-0.25, -0.2) is 0 Å². The minimum atomic E-state index is 0.0851. The van der Waals surface area contributed by atoms with E-state index in [1.807, 2.05) is 13.8 Å². The molecule has 74 valence electrons. The van der Waals surface area contributed by atoms with Crippen molar-refractivity contribution in [2.45, 2.75) is 47.0 Å². The molecule has 0 saturated heterocycles. The number of ketones is 1. The van der Waals surface area contributed by atoms with E-state index >= 15 is 0 Å². The molecular formula is C12H20O. The summed E-state index contributed by atoms with van der Waals surface area (Å²) >= 11 is 0. The first-order chi connectivity index (χ1) is 6.10. The summed E-state index contributed by atoms with van der Waals surface area (Å²) in [5, 5.41) is 0. The fourth-order valence-electron chi connectivity index (χ4n) is 1.10. The van der Waals surface area contributed by atoms with Crippen molar-refractivity contribution in [3.05, 3.63) is 0 Å². The highest BCUT2D eigenvalue weighted by Gasteiger charge is 2.02. The van der Waals surface area contributed by atoms with Crippen LogP contribution in [0.1, 0.15) is 47.0 Å². The summed E-state index contributed by atoms with van der Waals surface area (Å²) in [5.74, 6) is 6.66. The number of rotatable bonds is 4. The van der Waals surface area contributed by atoms with E-state index in [0.29, 0.717) is 18.3 Å². The van der Waals surface area contributed by atoms with Gasteiger partial charge in [0.15, 0.2) is 0 Å². The van der Waals surface area contributed by atoms with Crippen molar-refractivity contribution in [2.24, 2.45) is 11.8 Å². The van der Waals surface area contributed by atoms with E-state index in [9.17, 15) is 4.79 Å². The summed E-state index contributed by atoms with van der Waals surface area (Å²) in [7, 11) is 0. The van der Waals surface area contributed by atoms with Crippen LogP contribution in [0.15, 0.2) is 0 Å². The van der Waals surface area contributed by atoms with E-state index in [-0.39, 0.29) is 5.78 Å². The Morgan fingerprint density at radius 1 is 1.23 bits per heavy atom. The number of hydrogen-bond donors (Lipinski definition) is 0. The lowest BCUT2D eigenvalue weighted by Gasteiger charge is -2.01. The minimum Gasteiger partial charge on any atom is -0.285 e. The van der Waals surface area contributed by atoms with Gasteiger partial charge in [0.2, 0.25) is 5.78 Å². The highest BCUT2D eigenvalue weighted by molar-refractivity contribution is 5.95. The summed E-state index contributed by atoms with van der Waals surface area (Å²) < 4.78 is 0. The topological polar surface area (TPSA) is 17.1 Å². The van der Waals surface area contributed by atoms with E-state index < -0.39 is 0 Å². The lowest BCUT2D eigenvalue weighted by Crippen LogP contribution is -2.00. The minimum absolute atomic E-state index is 0.0851. The molecule has 0 aromatic heterocycles. The quantitative estimate of drug-likeness (QED) is 0.480. The zero-order valence-electron chi connectivity index (χ0n) is 9.18. The van der Waals surface area contributed by atoms with E-state index in [0.717, 1.165) is 12.8 Å². The molecular weight excluding hydrogens is 160 g/mol. The first-order valence-electron chi connectivity index (χ1n) is 5.14. The maximum Gasteiger partial charge on any atom is 0.205 e. The van der Waals surface area contributed by atoms with Gasteiger partial charge in [-0.2, -0.15) is 0 Å². The molecule has 0 atom stereocenters. The number of hydrogen-bond acceptors (Lipinski definition) is 1. The fraction of sp³-hybridized carbons (Fsp3) is 0.750. The van der Waals surface area contributed by atoms with Crippen LogP contribution in [0.2, 0.25) is 0 Å². The van der Waals surface area contributed by atoms with E-state index in [4.69, 9.17) is 0 Å². The number of carbonyl (C=O) groups is 1. The third-order valence-corrected chi connectivity index (χ3v) is 1.99. The predicted molar refractivity (Wildman–Crippen MR) is 56.3 cm³/mol. The first kappa shape index (κ1) is 12.2. The molecule has 0 fully saturated rings. The smallest absolute Gasteiger partial charge is 0.205 e. The van der Waals surface area contributed by atoms with Crippen LogP contribution in [-0.2, 0) is 4.79 Å². The molecule has 0 amide bonds. The highest BCUT2D eigenvalue weighted by Crippen LogP contribution is 2.05. The monoisotopic (exact) mass is 180 g/mol. The predicted octanol–water partition coefficient (Wildman–Crippen LogP) is 3.04. The SMILES string of the molecule is CCC(C#CC(=O)CC(C)C)CC. The molecule has 0 aliphatic heterocycles. The van der Waals surface area contributed by atoms with Gasteiger partial charge in [0.25, 0.3) is 0 Å². The molecule has 1 nitrogen and oxygen atoms in total. The van der Waals surface area contributed by atoms with Crippen LogP contribution < -0.4 is 0 Å². The highest BCUT2D eigenvalue weighted by atomic mass is 16.1. The fourth-order valence-corrected chi connectivity index (χ4v) is 1.10. The van der Waals surface area contributed by atoms with Gasteiger partial charge >= 0.3 is 0 Å². The second kappa shape index (κ2) is 6.71. The van der Waals surface area contributed by atoms with Crippen LogP contribution in [0.5, 0.6) is 0 Å². The molecule has 0 aromatic carbocycles. The summed E-state index contributed by atoms with van der Waals surface area (Å²) in [6.07, 6.45) is 2.67. The second-order valence-electron chi connectivity index (χ2n) is 3.80. The largest absolute Gasteiger partial charge is 0.285 e. The van der Waals surface area contributed by atoms with Crippen molar-refractivity contribution in [2.75, 3.05) is 0 Å². The molecule has 0 rings (SSSR count). The van der Waals surface area contributed by atoms with Crippen LogP contribution >= 0.6 is 0 Å². The van der Waals surface area contributed by atoms with Gasteiger partial charge in [0, 0.05) is 12.3 Å². The maximum atomic E-state index is 11.2. The summed E-state index contributed by atoms with van der Waals surface area (Å²) in [6.45, 7) is 8.29. The van der Waals surface area contributed by atoms with Gasteiger partial charge in [0.1, 0.15) is 0 Å². The molecule has 0 N–H and O–H groups in total. The summed E-state index contributed by atoms with van der Waals surface area (Å²) in [5.41, 5.74) is 0. The van der Waals surface area contributed by atoms with Crippen LogP contribution in [0.25, 0.3) is 0 Å². The van der Waals surface area contributed by atoms with Crippen molar-refractivity contribution in [3.63, 3.8) is 0 Å². The average molecular weight is 180 g/mol. The Bertz CT molecular complexity index is 201. The summed E-state index contributed by atoms with van der Waals surface area (Å²) in [6, 6.07) is 0. The van der Waals surface area contributed by atoms with Crippen molar-refractivity contribution in [3.8, 4) is 11.8 Å². The zero-order chi connectivity index (χ0) is 10.3. The van der Waals surface area contributed by atoms with E-state index in [1.165, 1.54) is 0 Å². The molecule has 0 bridgehead atoms. The van der Waals surface area contributed by atoms with Crippen molar-refractivity contribution in [1.29, 1.82) is 0 Å². The normalized spacial score (nSPS) is 10.0. The van der Waals surface area contributed by atoms with E-state index in [2.05, 4.69) is 25.7 Å². The van der Waals surface area contributed by atoms with Crippen LogP contribution in [0, 0.1) is 23.7 Å². The molecule has 13 heavy (non-hydrogen) atoms. The van der Waals surface area contributed by atoms with Crippen molar-refractivity contribution in [1.82, 2.24) is 0 Å². The molecule has 0 saturated carbocycles. The molecule has 0 aromatic rings. The molecule has 0 unspecified atom stereocenters. The van der Waals surface area contributed by atoms with Gasteiger partial charge in [-0.1, -0.05) is 33.6 Å². The Hall–Kier alpha value is -0.770. The van der Waals surface area contributed by atoms with Crippen molar-refractivity contribution < 1.29 is 4.79 Å². The molecule has 0 spiro atoms. The van der Waals surface area contributed by atoms with Gasteiger partial charge < -0.3 is 0 Å². The molecule has 0 radical (unpaired) electrons. The third kappa shape index (κ3) is 6.40. The lowest BCUT2D eigenvalue weighted by molar-refractivity contribution is -0.114. The van der Waals surface area contributed by atoms with Gasteiger partial charge in [-0.15, -0.1) is 0 Å². The zero-order valence-corrected chi connectivity index (χ0v) is 9.18. The first-order valence-corrected chi connectivity index (χ1v) is 5.14. The van der Waals surface area contributed by atoms with Gasteiger partial charge in [-0.3, -0.25) is 4.79 Å². The number of Topliss-reactive ketones (excluding diaryl/α,β-unsaturated/α-hetero) is 1. The third-order valence-electron chi connectivity index (χ3n) is 1.99. The molecule has 1 heteroatoms. The van der Waals surface area contributed by atoms with Crippen molar-refractivity contribution >= 4 is 5.78 Å². The Morgan fingerprint density at radius 3 is 2.15 bits per heavy atom. The van der Waals surface area contributed by atoms with Crippen LogP contribution in [0.3, 0.4) is 0 Å². The molecule has 0 heterocycles. The summed E-state index contributed by atoms with van der Waals surface area (Å²) in [4.78, 5) is 11.2. The van der Waals surface area contributed by atoms with Crippen LogP contribution in [0.4, 0.5) is 0 Å². The maximum absolute atomic E-state index is 11.2. The Labute approximate surface area is 81.9 Å². The average Bonchev–Trinajstić information content (AvgIpc) is 2.05. The van der Waals surface area contributed by atoms with E-state index in [1.54, 1.807) is 0 Å². The van der Waals surface area contributed by atoms with Crippen LogP contribution in [-0.4, -0.2) is 5.78 Å². The number of carbonyl (C=O) groups excluding carboxylic acids is 1. The Morgan fingerprint density at radius 2 is 1.77 bits per heavy atom.